The molecule has 4 nitrogen and oxygen atoms in total. The molecule has 0 saturated heterocycles. The number of benzene rings is 1. The number of carbonyl (C=O) groups excluding carboxylic acids is 1. The maximum absolute atomic E-state index is 12.1. The molecule has 0 atom stereocenters. The second-order valence-corrected chi connectivity index (χ2v) is 4.66. The van der Waals surface area contributed by atoms with Crippen LogP contribution in [0.15, 0.2) is 24.3 Å². The van der Waals surface area contributed by atoms with Crippen LogP contribution in [-0.2, 0) is 0 Å². The van der Waals surface area contributed by atoms with Gasteiger partial charge in [-0.05, 0) is 44.0 Å². The number of nitrogens with two attached hydrogens (primary N) is 1. The number of anilines is 1. The van der Waals surface area contributed by atoms with Crippen LogP contribution < -0.4 is 11.1 Å². The van der Waals surface area contributed by atoms with E-state index in [1.165, 1.54) is 0 Å². The summed E-state index contributed by atoms with van der Waals surface area (Å²) in [5.41, 5.74) is 8.31. The number of carbonyl (C=O) groups is 1. The number of aromatic nitrogens is 1. The summed E-state index contributed by atoms with van der Waals surface area (Å²) in [4.78, 5) is 12.1. The highest BCUT2D eigenvalue weighted by atomic mass is 16.2. The zero-order valence-electron chi connectivity index (χ0n) is 9.73. The zero-order valence-corrected chi connectivity index (χ0v) is 9.73. The first-order chi connectivity index (χ1) is 8.15. The quantitative estimate of drug-likeness (QED) is 0.737. The van der Waals surface area contributed by atoms with E-state index in [1.54, 1.807) is 4.57 Å². The first kappa shape index (κ1) is 10.2. The second-order valence-electron chi connectivity index (χ2n) is 4.66. The van der Waals surface area contributed by atoms with Crippen LogP contribution >= 0.6 is 0 Å². The Labute approximate surface area is 99.4 Å². The molecule has 1 aromatic heterocycles. The highest BCUT2D eigenvalue weighted by Crippen LogP contribution is 2.23. The molecule has 17 heavy (non-hydrogen) atoms. The van der Waals surface area contributed by atoms with Crippen LogP contribution in [-0.4, -0.2) is 16.6 Å². The van der Waals surface area contributed by atoms with Crippen molar-refractivity contribution in [3.05, 3.63) is 30.0 Å². The smallest absolute Gasteiger partial charge is 0.326 e. The fourth-order valence-corrected chi connectivity index (χ4v) is 2.11. The predicted molar refractivity (Wildman–Crippen MR) is 68.0 cm³/mol. The molecule has 1 amide bonds. The van der Waals surface area contributed by atoms with Gasteiger partial charge >= 0.3 is 6.03 Å². The minimum Gasteiger partial charge on any atom is -0.399 e. The van der Waals surface area contributed by atoms with Gasteiger partial charge in [0.25, 0.3) is 0 Å². The van der Waals surface area contributed by atoms with Gasteiger partial charge in [-0.15, -0.1) is 0 Å². The fraction of sp³-hybridized carbons (Fsp3) is 0.308. The lowest BCUT2D eigenvalue weighted by molar-refractivity contribution is 0.242. The van der Waals surface area contributed by atoms with Crippen molar-refractivity contribution in [3.8, 4) is 0 Å². The Hall–Kier alpha value is -1.97. The van der Waals surface area contributed by atoms with Crippen molar-refractivity contribution in [2.45, 2.75) is 25.8 Å². The molecule has 0 aliphatic heterocycles. The van der Waals surface area contributed by atoms with Crippen molar-refractivity contribution >= 4 is 22.6 Å². The van der Waals surface area contributed by atoms with Gasteiger partial charge in [-0.2, -0.15) is 0 Å². The Balaban J connectivity index is 2.07. The molecular weight excluding hydrogens is 214 g/mol. The predicted octanol–water partition coefficient (Wildman–Crippen LogP) is 2.25. The molecule has 4 heteroatoms. The standard InChI is InChI=1S/C13H15N3O/c1-8-6-9-7-10(14)2-5-12(9)16(8)13(17)15-11-3-4-11/h2,5-7,11H,3-4,14H2,1H3,(H,15,17). The Morgan fingerprint density at radius 3 is 2.88 bits per heavy atom. The number of nitrogens with one attached hydrogen (secondary N) is 1. The van der Waals surface area contributed by atoms with E-state index in [0.29, 0.717) is 6.04 Å². The normalized spacial score (nSPS) is 15.1. The van der Waals surface area contributed by atoms with E-state index in [9.17, 15) is 4.79 Å². The van der Waals surface area contributed by atoms with Gasteiger partial charge in [-0.25, -0.2) is 4.79 Å². The van der Waals surface area contributed by atoms with Crippen molar-refractivity contribution in [1.82, 2.24) is 9.88 Å². The van der Waals surface area contributed by atoms with Gasteiger partial charge < -0.3 is 11.1 Å². The topological polar surface area (TPSA) is 60.0 Å². The van der Waals surface area contributed by atoms with E-state index in [1.807, 2.05) is 31.2 Å². The highest BCUT2D eigenvalue weighted by Gasteiger charge is 2.24. The molecule has 0 bridgehead atoms. The summed E-state index contributed by atoms with van der Waals surface area (Å²) in [6.45, 7) is 1.93. The molecule has 3 N–H and O–H groups in total. The monoisotopic (exact) mass is 229 g/mol. The molecule has 0 unspecified atom stereocenters. The molecule has 1 aliphatic carbocycles. The molecule has 3 rings (SSSR count). The van der Waals surface area contributed by atoms with Crippen LogP contribution in [0.3, 0.4) is 0 Å². The SMILES string of the molecule is Cc1cc2cc(N)ccc2n1C(=O)NC1CC1. The highest BCUT2D eigenvalue weighted by molar-refractivity contribution is 5.94. The van der Waals surface area contributed by atoms with Crippen LogP contribution in [0, 0.1) is 6.92 Å². The van der Waals surface area contributed by atoms with Gasteiger partial charge in [0.15, 0.2) is 0 Å². The van der Waals surface area contributed by atoms with Gasteiger partial charge in [0.05, 0.1) is 5.52 Å². The van der Waals surface area contributed by atoms with Crippen molar-refractivity contribution in [1.29, 1.82) is 0 Å². The maximum atomic E-state index is 12.1. The molecule has 0 spiro atoms. The molecular formula is C13H15N3O. The summed E-state index contributed by atoms with van der Waals surface area (Å²) in [7, 11) is 0. The van der Waals surface area contributed by atoms with E-state index < -0.39 is 0 Å². The number of aryl methyl sites for hydroxylation is 1. The fourth-order valence-electron chi connectivity index (χ4n) is 2.11. The Morgan fingerprint density at radius 1 is 1.41 bits per heavy atom. The van der Waals surface area contributed by atoms with Crippen molar-refractivity contribution in [3.63, 3.8) is 0 Å². The summed E-state index contributed by atoms with van der Waals surface area (Å²) in [6, 6.07) is 7.92. The summed E-state index contributed by atoms with van der Waals surface area (Å²) < 4.78 is 1.72. The molecule has 1 heterocycles. The Kier molecular flexibility index (Phi) is 2.11. The van der Waals surface area contributed by atoms with E-state index in [2.05, 4.69) is 5.32 Å². The van der Waals surface area contributed by atoms with E-state index in [4.69, 9.17) is 5.73 Å². The Morgan fingerprint density at radius 2 is 2.18 bits per heavy atom. The second kappa shape index (κ2) is 3.52. The summed E-state index contributed by atoms with van der Waals surface area (Å²) in [5, 5.41) is 4.00. The third-order valence-electron chi connectivity index (χ3n) is 3.12. The lowest BCUT2D eigenvalue weighted by Gasteiger charge is -2.08. The van der Waals surface area contributed by atoms with Crippen LogP contribution in [0.5, 0.6) is 0 Å². The van der Waals surface area contributed by atoms with Gasteiger partial charge in [0.2, 0.25) is 0 Å². The zero-order chi connectivity index (χ0) is 12.0. The van der Waals surface area contributed by atoms with E-state index in [-0.39, 0.29) is 6.03 Å². The van der Waals surface area contributed by atoms with Crippen LogP contribution in [0.4, 0.5) is 10.5 Å². The number of hydrogen-bond donors (Lipinski definition) is 2. The summed E-state index contributed by atoms with van der Waals surface area (Å²) in [6.07, 6.45) is 2.19. The lowest BCUT2D eigenvalue weighted by Crippen LogP contribution is -2.30. The van der Waals surface area contributed by atoms with E-state index in [0.717, 1.165) is 35.1 Å². The number of hydrogen-bond acceptors (Lipinski definition) is 2. The number of amides is 1. The number of nitrogens with zero attached hydrogens (tertiary/aromatic N) is 1. The number of rotatable bonds is 1. The minimum atomic E-state index is -0.0372. The third kappa shape index (κ3) is 1.75. The average molecular weight is 229 g/mol. The molecule has 1 fully saturated rings. The maximum Gasteiger partial charge on any atom is 0.326 e. The molecule has 1 aromatic carbocycles. The van der Waals surface area contributed by atoms with Crippen molar-refractivity contribution in [2.75, 3.05) is 5.73 Å². The number of fused-ring (bicyclic) bond motifs is 1. The Bertz CT molecular complexity index is 596. The first-order valence-corrected chi connectivity index (χ1v) is 5.83. The van der Waals surface area contributed by atoms with E-state index >= 15 is 0 Å². The van der Waals surface area contributed by atoms with Gasteiger partial charge in [0, 0.05) is 22.8 Å². The van der Waals surface area contributed by atoms with Crippen LogP contribution in [0.2, 0.25) is 0 Å². The van der Waals surface area contributed by atoms with Gasteiger partial charge in [-0.1, -0.05) is 0 Å². The average Bonchev–Trinajstić information content (AvgIpc) is 2.99. The third-order valence-corrected chi connectivity index (χ3v) is 3.12. The van der Waals surface area contributed by atoms with Gasteiger partial charge in [-0.3, -0.25) is 4.57 Å². The lowest BCUT2D eigenvalue weighted by atomic mass is 10.2. The molecule has 88 valence electrons. The summed E-state index contributed by atoms with van der Waals surface area (Å²) >= 11 is 0. The molecule has 1 saturated carbocycles. The van der Waals surface area contributed by atoms with Crippen LogP contribution in [0.25, 0.3) is 10.9 Å². The minimum absolute atomic E-state index is 0.0372. The first-order valence-electron chi connectivity index (χ1n) is 5.83. The van der Waals surface area contributed by atoms with Gasteiger partial charge in [0.1, 0.15) is 0 Å². The van der Waals surface area contributed by atoms with Crippen LogP contribution in [0.1, 0.15) is 18.5 Å². The molecule has 0 radical (unpaired) electrons. The number of nitrogen functional groups attached to an aromatic ring is 1. The largest absolute Gasteiger partial charge is 0.399 e. The van der Waals surface area contributed by atoms with Crippen molar-refractivity contribution < 1.29 is 4.79 Å². The molecule has 1 aliphatic rings. The molecule has 2 aromatic rings. The summed E-state index contributed by atoms with van der Waals surface area (Å²) in [5.74, 6) is 0. The van der Waals surface area contributed by atoms with Crippen molar-refractivity contribution in [2.24, 2.45) is 0 Å².